The molecule has 0 unspecified atom stereocenters. The number of fused-ring (bicyclic) bond motifs is 1. The molecule has 0 radical (unpaired) electrons. The summed E-state index contributed by atoms with van der Waals surface area (Å²) in [6.07, 6.45) is 1.80. The van der Waals surface area contributed by atoms with Gasteiger partial charge in [0.1, 0.15) is 11.6 Å². The quantitative estimate of drug-likeness (QED) is 0.543. The highest BCUT2D eigenvalue weighted by molar-refractivity contribution is 7.90. The molecule has 0 fully saturated rings. The average Bonchev–Trinajstić information content (AvgIpc) is 2.85. The first kappa shape index (κ1) is 19.3. The molecule has 1 N–H and O–H groups in total. The smallest absolute Gasteiger partial charge is 0.322 e. The monoisotopic (exact) mass is 403 g/mol. The van der Waals surface area contributed by atoms with E-state index in [0.29, 0.717) is 4.31 Å². The maximum Gasteiger partial charge on any atom is 0.322 e. The van der Waals surface area contributed by atoms with Crippen LogP contribution in [0, 0.1) is 11.5 Å². The molecular weight excluding hydrogens is 386 g/mol. The molecule has 28 heavy (non-hydrogen) atoms. The molecule has 1 aliphatic rings. The topological polar surface area (TPSA) is 141 Å². The van der Waals surface area contributed by atoms with Gasteiger partial charge in [-0.2, -0.15) is 20.2 Å². The van der Waals surface area contributed by atoms with Gasteiger partial charge in [-0.1, -0.05) is 12.1 Å². The Labute approximate surface area is 161 Å². The van der Waals surface area contributed by atoms with Gasteiger partial charge >= 0.3 is 6.01 Å². The highest BCUT2D eigenvalue weighted by atomic mass is 32.2. The van der Waals surface area contributed by atoms with Crippen LogP contribution in [-0.4, -0.2) is 53.4 Å². The molecule has 12 heteroatoms. The first-order chi connectivity index (χ1) is 13.3. The van der Waals surface area contributed by atoms with E-state index in [-0.39, 0.29) is 34.4 Å². The summed E-state index contributed by atoms with van der Waals surface area (Å²) in [5.41, 5.74) is 0.0516. The molecule has 1 aromatic heterocycles. The van der Waals surface area contributed by atoms with Gasteiger partial charge < -0.3 is 10.1 Å². The van der Waals surface area contributed by atoms with E-state index in [1.807, 2.05) is 13.8 Å². The van der Waals surface area contributed by atoms with Crippen molar-refractivity contribution in [2.24, 2.45) is 0 Å². The fourth-order valence-electron chi connectivity index (χ4n) is 2.52. The van der Waals surface area contributed by atoms with Crippen molar-refractivity contribution in [3.63, 3.8) is 0 Å². The number of carbonyl (C=O) groups is 1. The number of methoxy groups -OCH3 is 1. The lowest BCUT2D eigenvalue weighted by atomic mass is 10.2. The minimum Gasteiger partial charge on any atom is -0.467 e. The number of nitrogens with zero attached hydrogens (tertiary/aromatic N) is 6. The number of carbonyl (C=O) groups excluding carboxylic acids is 1. The van der Waals surface area contributed by atoms with Crippen LogP contribution >= 0.6 is 0 Å². The maximum atomic E-state index is 12.7. The molecule has 0 spiro atoms. The van der Waals surface area contributed by atoms with E-state index in [9.17, 15) is 18.5 Å². The van der Waals surface area contributed by atoms with E-state index in [0.717, 1.165) is 4.90 Å². The minimum absolute atomic E-state index is 0.00877. The van der Waals surface area contributed by atoms with Crippen LogP contribution in [-0.2, 0) is 10.0 Å². The fraction of sp³-hybridized carbons (Fsp3) is 0.312. The number of aromatic nitrogens is 3. The summed E-state index contributed by atoms with van der Waals surface area (Å²) >= 11 is 0. The highest BCUT2D eigenvalue weighted by Crippen LogP contribution is 2.30. The first-order valence-corrected chi connectivity index (χ1v) is 9.62. The van der Waals surface area contributed by atoms with Gasteiger partial charge in [-0.05, 0) is 26.0 Å². The largest absolute Gasteiger partial charge is 0.467 e. The normalized spacial score (nSPS) is 14.5. The van der Waals surface area contributed by atoms with E-state index in [1.54, 1.807) is 12.3 Å². The van der Waals surface area contributed by atoms with Gasteiger partial charge in [-0.3, -0.25) is 4.79 Å². The van der Waals surface area contributed by atoms with E-state index in [2.05, 4.69) is 20.3 Å². The van der Waals surface area contributed by atoms with Crippen molar-refractivity contribution in [2.45, 2.75) is 24.8 Å². The van der Waals surface area contributed by atoms with E-state index in [4.69, 9.17) is 4.74 Å². The molecule has 146 valence electrons. The Morgan fingerprint density at radius 3 is 2.61 bits per heavy atom. The molecule has 0 saturated carbocycles. The zero-order valence-electron chi connectivity index (χ0n) is 15.3. The third-order valence-electron chi connectivity index (χ3n) is 3.75. The van der Waals surface area contributed by atoms with Crippen LogP contribution in [0.25, 0.3) is 0 Å². The van der Waals surface area contributed by atoms with Crippen LogP contribution < -0.4 is 15.0 Å². The number of rotatable bonds is 6. The lowest BCUT2D eigenvalue weighted by molar-refractivity contribution is 0.0873. The Hall–Kier alpha value is -3.46. The van der Waals surface area contributed by atoms with E-state index in [1.165, 1.54) is 25.3 Å². The Morgan fingerprint density at radius 2 is 2.00 bits per heavy atom. The molecule has 0 aliphatic carbocycles. The molecule has 2 heterocycles. The van der Waals surface area contributed by atoms with Crippen LogP contribution in [0.3, 0.4) is 0 Å². The number of ether oxygens (including phenoxy) is 1. The highest BCUT2D eigenvalue weighted by Gasteiger charge is 2.42. The number of anilines is 2. The standard InChI is InChI=1S/C16H17N7O4S/c1-10(2)18-14-19-15(21-16(20-14)27-3)22(8-17)9-23-13(24)11-6-4-5-7-12(11)28(23,25)26/h4-7,10H,9H2,1-3H3,(H,18,19,20,21). The predicted molar refractivity (Wildman–Crippen MR) is 97.9 cm³/mol. The molecule has 0 saturated heterocycles. The molecule has 0 atom stereocenters. The summed E-state index contributed by atoms with van der Waals surface area (Å²) < 4.78 is 31.0. The van der Waals surface area contributed by atoms with Crippen molar-refractivity contribution in [1.82, 2.24) is 19.3 Å². The van der Waals surface area contributed by atoms with Crippen LogP contribution in [0.4, 0.5) is 11.9 Å². The Bertz CT molecular complexity index is 1060. The lowest BCUT2D eigenvalue weighted by Gasteiger charge is -2.21. The third-order valence-corrected chi connectivity index (χ3v) is 5.52. The molecule has 1 aromatic carbocycles. The number of sulfonamides is 1. The Kier molecular flexibility index (Phi) is 5.02. The number of hydrogen-bond donors (Lipinski definition) is 1. The summed E-state index contributed by atoms with van der Waals surface area (Å²) in [6.45, 7) is 3.15. The van der Waals surface area contributed by atoms with Crippen LogP contribution in [0.15, 0.2) is 29.2 Å². The van der Waals surface area contributed by atoms with Crippen molar-refractivity contribution in [3.05, 3.63) is 29.8 Å². The second-order valence-corrected chi connectivity index (χ2v) is 7.90. The van der Waals surface area contributed by atoms with Crippen LogP contribution in [0.1, 0.15) is 24.2 Å². The first-order valence-electron chi connectivity index (χ1n) is 8.18. The van der Waals surface area contributed by atoms with Gasteiger partial charge in [-0.25, -0.2) is 17.6 Å². The summed E-state index contributed by atoms with van der Waals surface area (Å²) in [5, 5.41) is 12.5. The fourth-order valence-corrected chi connectivity index (χ4v) is 4.02. The second-order valence-electron chi connectivity index (χ2n) is 6.07. The zero-order chi connectivity index (χ0) is 20.5. The van der Waals surface area contributed by atoms with Crippen molar-refractivity contribution in [2.75, 3.05) is 24.0 Å². The number of nitrogens with one attached hydrogen (secondary N) is 1. The van der Waals surface area contributed by atoms with Crippen molar-refractivity contribution < 1.29 is 17.9 Å². The second kappa shape index (κ2) is 7.28. The van der Waals surface area contributed by atoms with E-state index >= 15 is 0 Å². The molecule has 11 nitrogen and oxygen atoms in total. The number of amides is 1. The molecule has 2 aromatic rings. The van der Waals surface area contributed by atoms with Crippen LogP contribution in [0.5, 0.6) is 6.01 Å². The third kappa shape index (κ3) is 3.39. The van der Waals surface area contributed by atoms with Gasteiger partial charge in [0.25, 0.3) is 15.9 Å². The number of benzene rings is 1. The predicted octanol–water partition coefficient (Wildman–Crippen LogP) is 0.790. The Morgan fingerprint density at radius 1 is 1.29 bits per heavy atom. The number of hydrogen-bond acceptors (Lipinski definition) is 10. The molecule has 0 bridgehead atoms. The van der Waals surface area contributed by atoms with Crippen molar-refractivity contribution in [1.29, 1.82) is 5.26 Å². The molecule has 1 aliphatic heterocycles. The SMILES string of the molecule is COc1nc(NC(C)C)nc(N(C#N)CN2C(=O)c3ccccc3S2(=O)=O)n1. The van der Waals surface area contributed by atoms with Gasteiger partial charge in [0.05, 0.1) is 12.7 Å². The summed E-state index contributed by atoms with van der Waals surface area (Å²) in [6, 6.07) is 5.78. The van der Waals surface area contributed by atoms with Gasteiger partial charge in [0, 0.05) is 6.04 Å². The summed E-state index contributed by atoms with van der Waals surface area (Å²) in [4.78, 5) is 25.4. The van der Waals surface area contributed by atoms with Gasteiger partial charge in [0.2, 0.25) is 11.9 Å². The number of nitriles is 1. The molecule has 3 rings (SSSR count). The molecular formula is C16H17N7O4S. The average molecular weight is 403 g/mol. The summed E-state index contributed by atoms with van der Waals surface area (Å²) in [7, 11) is -2.73. The summed E-state index contributed by atoms with van der Waals surface area (Å²) in [5.74, 6) is -0.732. The molecule has 1 amide bonds. The van der Waals surface area contributed by atoms with Gasteiger partial charge in [-0.15, -0.1) is 0 Å². The minimum atomic E-state index is -4.08. The van der Waals surface area contributed by atoms with E-state index < -0.39 is 22.6 Å². The van der Waals surface area contributed by atoms with Gasteiger partial charge in [0.15, 0.2) is 6.19 Å². The lowest BCUT2D eigenvalue weighted by Crippen LogP contribution is -2.40. The van der Waals surface area contributed by atoms with Crippen molar-refractivity contribution >= 4 is 27.8 Å². The Balaban J connectivity index is 1.96. The van der Waals surface area contributed by atoms with Crippen LogP contribution in [0.2, 0.25) is 0 Å². The zero-order valence-corrected chi connectivity index (χ0v) is 16.1. The maximum absolute atomic E-state index is 12.7. The van der Waals surface area contributed by atoms with Crippen molar-refractivity contribution in [3.8, 4) is 12.2 Å².